The zero-order valence-electron chi connectivity index (χ0n) is 10.7. The molecule has 4 heteroatoms. The molecule has 1 amide bonds. The van der Waals surface area contributed by atoms with Crippen LogP contribution in [-0.2, 0) is 9.59 Å². The molecule has 2 N–H and O–H groups in total. The summed E-state index contributed by atoms with van der Waals surface area (Å²) in [5, 5.41) is 11.4. The Morgan fingerprint density at radius 1 is 1.28 bits per heavy atom. The normalized spacial score (nSPS) is 13.7. The SMILES string of the molecule is CCC(C(=O)NC(C)CC(=O)O)c1ccccc1. The second-order valence-corrected chi connectivity index (χ2v) is 4.38. The van der Waals surface area contributed by atoms with Crippen LogP contribution in [-0.4, -0.2) is 23.0 Å². The van der Waals surface area contributed by atoms with E-state index in [0.29, 0.717) is 6.42 Å². The van der Waals surface area contributed by atoms with Gasteiger partial charge in [0.05, 0.1) is 12.3 Å². The van der Waals surface area contributed by atoms with E-state index in [4.69, 9.17) is 5.11 Å². The van der Waals surface area contributed by atoms with E-state index in [2.05, 4.69) is 5.32 Å². The highest BCUT2D eigenvalue weighted by molar-refractivity contribution is 5.84. The number of hydrogen-bond donors (Lipinski definition) is 2. The molecule has 98 valence electrons. The topological polar surface area (TPSA) is 66.4 Å². The largest absolute Gasteiger partial charge is 0.481 e. The van der Waals surface area contributed by atoms with E-state index >= 15 is 0 Å². The lowest BCUT2D eigenvalue weighted by Gasteiger charge is -2.18. The van der Waals surface area contributed by atoms with Crippen molar-refractivity contribution in [3.8, 4) is 0 Å². The fourth-order valence-electron chi connectivity index (χ4n) is 1.91. The predicted molar refractivity (Wildman–Crippen MR) is 69.3 cm³/mol. The summed E-state index contributed by atoms with van der Waals surface area (Å²) >= 11 is 0. The summed E-state index contributed by atoms with van der Waals surface area (Å²) in [6.07, 6.45) is 0.632. The van der Waals surface area contributed by atoms with Crippen LogP contribution < -0.4 is 5.32 Å². The Morgan fingerprint density at radius 2 is 1.89 bits per heavy atom. The maximum Gasteiger partial charge on any atom is 0.305 e. The molecule has 0 aliphatic carbocycles. The van der Waals surface area contributed by atoms with Crippen LogP contribution in [0.25, 0.3) is 0 Å². The lowest BCUT2D eigenvalue weighted by Crippen LogP contribution is -2.37. The molecule has 0 radical (unpaired) electrons. The molecule has 0 bridgehead atoms. The van der Waals surface area contributed by atoms with E-state index in [9.17, 15) is 9.59 Å². The molecule has 0 saturated carbocycles. The standard InChI is InChI=1S/C14H19NO3/c1-3-12(11-7-5-4-6-8-11)14(18)15-10(2)9-13(16)17/h4-8,10,12H,3,9H2,1-2H3,(H,15,18)(H,16,17). The zero-order chi connectivity index (χ0) is 13.5. The second-order valence-electron chi connectivity index (χ2n) is 4.38. The molecular formula is C14H19NO3. The van der Waals surface area contributed by atoms with Crippen molar-refractivity contribution in [2.45, 2.75) is 38.6 Å². The molecule has 0 spiro atoms. The highest BCUT2D eigenvalue weighted by Crippen LogP contribution is 2.19. The van der Waals surface area contributed by atoms with E-state index in [1.807, 2.05) is 37.3 Å². The molecule has 1 rings (SSSR count). The van der Waals surface area contributed by atoms with Gasteiger partial charge in [-0.2, -0.15) is 0 Å². The molecule has 18 heavy (non-hydrogen) atoms. The smallest absolute Gasteiger partial charge is 0.305 e. The number of benzene rings is 1. The number of carboxylic acids is 1. The Morgan fingerprint density at radius 3 is 2.39 bits per heavy atom. The minimum Gasteiger partial charge on any atom is -0.481 e. The van der Waals surface area contributed by atoms with Gasteiger partial charge in [-0.25, -0.2) is 0 Å². The summed E-state index contributed by atoms with van der Waals surface area (Å²) < 4.78 is 0. The molecule has 4 nitrogen and oxygen atoms in total. The Bertz CT molecular complexity index is 403. The van der Waals surface area contributed by atoms with Gasteiger partial charge in [0.2, 0.25) is 5.91 Å². The molecule has 2 atom stereocenters. The van der Waals surface area contributed by atoms with Crippen molar-refractivity contribution < 1.29 is 14.7 Å². The minimum atomic E-state index is -0.907. The first-order chi connectivity index (χ1) is 8.54. The number of rotatable bonds is 6. The predicted octanol–water partition coefficient (Wildman–Crippen LogP) is 2.16. The highest BCUT2D eigenvalue weighted by Gasteiger charge is 2.20. The van der Waals surface area contributed by atoms with Crippen molar-refractivity contribution in [1.29, 1.82) is 0 Å². The summed E-state index contributed by atoms with van der Waals surface area (Å²) in [6, 6.07) is 9.16. The summed E-state index contributed by atoms with van der Waals surface area (Å²) in [5.74, 6) is -1.24. The van der Waals surface area contributed by atoms with Crippen LogP contribution in [0, 0.1) is 0 Å². The van der Waals surface area contributed by atoms with Crippen LogP contribution in [0.5, 0.6) is 0 Å². The summed E-state index contributed by atoms with van der Waals surface area (Å²) in [7, 11) is 0. The molecule has 0 aliphatic rings. The molecular weight excluding hydrogens is 230 g/mol. The van der Waals surface area contributed by atoms with Gasteiger partial charge in [0.1, 0.15) is 0 Å². The van der Waals surface area contributed by atoms with Crippen molar-refractivity contribution in [3.63, 3.8) is 0 Å². The average molecular weight is 249 g/mol. The molecule has 0 heterocycles. The van der Waals surface area contributed by atoms with Gasteiger partial charge in [-0.3, -0.25) is 9.59 Å². The lowest BCUT2D eigenvalue weighted by atomic mass is 9.95. The first kappa shape index (κ1) is 14.2. The molecule has 0 fully saturated rings. The van der Waals surface area contributed by atoms with Crippen molar-refractivity contribution in [2.75, 3.05) is 0 Å². The maximum atomic E-state index is 12.1. The third-order valence-electron chi connectivity index (χ3n) is 2.80. The van der Waals surface area contributed by atoms with Crippen LogP contribution in [0.2, 0.25) is 0 Å². The fraction of sp³-hybridized carbons (Fsp3) is 0.429. The van der Waals surface area contributed by atoms with Gasteiger partial charge >= 0.3 is 5.97 Å². The molecule has 0 aliphatic heterocycles. The van der Waals surface area contributed by atoms with Gasteiger partial charge in [0.25, 0.3) is 0 Å². The molecule has 1 aromatic carbocycles. The monoisotopic (exact) mass is 249 g/mol. The zero-order valence-corrected chi connectivity index (χ0v) is 10.7. The molecule has 1 aromatic rings. The molecule has 2 unspecified atom stereocenters. The van der Waals surface area contributed by atoms with Gasteiger partial charge < -0.3 is 10.4 Å². The summed E-state index contributed by atoms with van der Waals surface area (Å²) in [4.78, 5) is 22.6. The first-order valence-electron chi connectivity index (χ1n) is 6.11. The van der Waals surface area contributed by atoms with E-state index in [1.165, 1.54) is 0 Å². The number of nitrogens with one attached hydrogen (secondary N) is 1. The third kappa shape index (κ3) is 4.20. The third-order valence-corrected chi connectivity index (χ3v) is 2.80. The van der Waals surface area contributed by atoms with Crippen molar-refractivity contribution in [1.82, 2.24) is 5.32 Å². The maximum absolute atomic E-state index is 12.1. The van der Waals surface area contributed by atoms with E-state index in [-0.39, 0.29) is 24.3 Å². The Labute approximate surface area is 107 Å². The van der Waals surface area contributed by atoms with Gasteiger partial charge in [-0.1, -0.05) is 37.3 Å². The van der Waals surface area contributed by atoms with Gasteiger partial charge in [-0.05, 0) is 18.9 Å². The number of carbonyl (C=O) groups is 2. The van der Waals surface area contributed by atoms with Gasteiger partial charge in [-0.15, -0.1) is 0 Å². The number of amides is 1. The van der Waals surface area contributed by atoms with Crippen molar-refractivity contribution >= 4 is 11.9 Å². The van der Waals surface area contributed by atoms with E-state index in [0.717, 1.165) is 5.56 Å². The fourth-order valence-corrected chi connectivity index (χ4v) is 1.91. The Kier molecular flexibility index (Phi) is 5.36. The first-order valence-corrected chi connectivity index (χ1v) is 6.11. The van der Waals surface area contributed by atoms with Crippen LogP contribution >= 0.6 is 0 Å². The Balaban J connectivity index is 2.66. The van der Waals surface area contributed by atoms with Crippen LogP contribution in [0.1, 0.15) is 38.2 Å². The Hall–Kier alpha value is -1.84. The van der Waals surface area contributed by atoms with E-state index in [1.54, 1.807) is 6.92 Å². The minimum absolute atomic E-state index is 0.0586. The van der Waals surface area contributed by atoms with Crippen molar-refractivity contribution in [3.05, 3.63) is 35.9 Å². The summed E-state index contributed by atoms with van der Waals surface area (Å²) in [5.41, 5.74) is 0.958. The molecule has 0 saturated heterocycles. The lowest BCUT2D eigenvalue weighted by molar-refractivity contribution is -0.137. The second kappa shape index (κ2) is 6.79. The quantitative estimate of drug-likeness (QED) is 0.812. The van der Waals surface area contributed by atoms with Gasteiger partial charge in [0, 0.05) is 6.04 Å². The summed E-state index contributed by atoms with van der Waals surface area (Å²) in [6.45, 7) is 3.64. The number of carbonyl (C=O) groups excluding carboxylic acids is 1. The van der Waals surface area contributed by atoms with Gasteiger partial charge in [0.15, 0.2) is 0 Å². The van der Waals surface area contributed by atoms with Crippen molar-refractivity contribution in [2.24, 2.45) is 0 Å². The van der Waals surface area contributed by atoms with E-state index < -0.39 is 5.97 Å². The average Bonchev–Trinajstić information content (AvgIpc) is 2.29. The number of carboxylic acid groups (broad SMARTS) is 1. The number of aliphatic carboxylic acids is 1. The molecule has 0 aromatic heterocycles. The number of hydrogen-bond acceptors (Lipinski definition) is 2. The highest BCUT2D eigenvalue weighted by atomic mass is 16.4. The van der Waals surface area contributed by atoms with Crippen LogP contribution in [0.15, 0.2) is 30.3 Å². The van der Waals surface area contributed by atoms with Crippen LogP contribution in [0.4, 0.5) is 0 Å². The van der Waals surface area contributed by atoms with Crippen LogP contribution in [0.3, 0.4) is 0 Å².